The number of aliphatic hydroxyl groups is 2. The minimum Gasteiger partial charge on any atom is -0.393 e. The van der Waals surface area contributed by atoms with Crippen molar-refractivity contribution in [3.05, 3.63) is 0 Å². The molecule has 10 heavy (non-hydrogen) atoms. The van der Waals surface area contributed by atoms with Gasteiger partial charge in [0.1, 0.15) is 0 Å². The summed E-state index contributed by atoms with van der Waals surface area (Å²) in [6.07, 6.45) is -0.0110. The number of carbonyl (C=O) groups is 1. The Morgan fingerprint density at radius 1 is 1.70 bits per heavy atom. The van der Waals surface area contributed by atoms with Crippen LogP contribution in [0.15, 0.2) is 0 Å². The number of carbonyl (C=O) groups excluding carboxylic acids is 1. The van der Waals surface area contributed by atoms with Crippen molar-refractivity contribution in [3.63, 3.8) is 0 Å². The van der Waals surface area contributed by atoms with Crippen LogP contribution in [0.25, 0.3) is 0 Å². The van der Waals surface area contributed by atoms with E-state index in [1.807, 2.05) is 0 Å². The highest BCUT2D eigenvalue weighted by Gasteiger charge is 2.35. The van der Waals surface area contributed by atoms with Gasteiger partial charge in [0.05, 0.1) is 6.61 Å². The number of rotatable bonds is 3. The molecule has 1 atom stereocenters. The second-order valence-electron chi connectivity index (χ2n) is 1.92. The van der Waals surface area contributed by atoms with Gasteiger partial charge >= 0.3 is 5.97 Å². The maximum absolute atomic E-state index is 10.4. The Kier molecular flexibility index (Phi) is 3.27. The minimum atomic E-state index is -1.96. The lowest BCUT2D eigenvalue weighted by Gasteiger charge is -2.18. The molecule has 0 aliphatic rings. The third kappa shape index (κ3) is 1.66. The molecule has 0 aromatic rings. The zero-order chi connectivity index (χ0) is 8.20. The first-order chi connectivity index (χ1) is 4.60. The second kappa shape index (κ2) is 3.50. The zero-order valence-corrected chi connectivity index (χ0v) is 5.57. The van der Waals surface area contributed by atoms with Gasteiger partial charge in [0.15, 0.2) is 5.60 Å². The highest BCUT2D eigenvalue weighted by Crippen LogP contribution is 2.09. The summed E-state index contributed by atoms with van der Waals surface area (Å²) in [5.41, 5.74) is -1.96. The molecule has 0 aromatic heterocycles. The van der Waals surface area contributed by atoms with Gasteiger partial charge in [-0.05, 0) is 6.42 Å². The van der Waals surface area contributed by atoms with Crippen LogP contribution in [0.4, 0.5) is 0 Å². The first-order valence-electron chi connectivity index (χ1n) is 2.79. The monoisotopic (exact) mass is 150 g/mol. The maximum atomic E-state index is 10.4. The van der Waals surface area contributed by atoms with Crippen LogP contribution in [0.5, 0.6) is 0 Å². The van der Waals surface area contributed by atoms with E-state index in [2.05, 4.69) is 4.89 Å². The van der Waals surface area contributed by atoms with Crippen LogP contribution in [-0.2, 0) is 9.68 Å². The molecule has 0 heterocycles. The van der Waals surface area contributed by atoms with Gasteiger partial charge in [-0.2, -0.15) is 5.26 Å². The van der Waals surface area contributed by atoms with Crippen molar-refractivity contribution in [2.45, 2.75) is 18.9 Å². The summed E-state index contributed by atoms with van der Waals surface area (Å²) in [4.78, 5) is 13.7. The fourth-order valence-corrected chi connectivity index (χ4v) is 0.406. The van der Waals surface area contributed by atoms with Gasteiger partial charge in [-0.3, -0.25) is 4.89 Å². The van der Waals surface area contributed by atoms with Crippen molar-refractivity contribution in [1.29, 1.82) is 0 Å². The molecule has 0 aliphatic heterocycles. The van der Waals surface area contributed by atoms with Crippen LogP contribution in [0.2, 0.25) is 0 Å². The smallest absolute Gasteiger partial charge is 0.375 e. The lowest BCUT2D eigenvalue weighted by molar-refractivity contribution is -0.254. The van der Waals surface area contributed by atoms with Crippen LogP contribution in [0.1, 0.15) is 13.3 Å². The van der Waals surface area contributed by atoms with Crippen molar-refractivity contribution >= 4 is 5.97 Å². The molecule has 0 aromatic carbocycles. The van der Waals surface area contributed by atoms with Gasteiger partial charge in [0.2, 0.25) is 0 Å². The van der Waals surface area contributed by atoms with E-state index in [0.29, 0.717) is 0 Å². The van der Waals surface area contributed by atoms with Crippen LogP contribution in [0, 0.1) is 0 Å². The predicted octanol–water partition coefficient (Wildman–Crippen LogP) is -0.864. The van der Waals surface area contributed by atoms with Crippen LogP contribution < -0.4 is 0 Å². The Balaban J connectivity index is 4.17. The predicted molar refractivity (Wildman–Crippen MR) is 31.0 cm³/mol. The van der Waals surface area contributed by atoms with Crippen molar-refractivity contribution < 1.29 is 25.2 Å². The third-order valence-corrected chi connectivity index (χ3v) is 1.31. The SMILES string of the molecule is CCC(O)(CO)C(=O)OO. The summed E-state index contributed by atoms with van der Waals surface area (Å²) in [7, 11) is 0. The van der Waals surface area contributed by atoms with Gasteiger partial charge < -0.3 is 10.2 Å². The molecular formula is C5H10O5. The lowest BCUT2D eigenvalue weighted by Crippen LogP contribution is -2.42. The fraction of sp³-hybridized carbons (Fsp3) is 0.800. The van der Waals surface area contributed by atoms with Crippen molar-refractivity contribution in [3.8, 4) is 0 Å². The first kappa shape index (κ1) is 9.35. The van der Waals surface area contributed by atoms with E-state index in [4.69, 9.17) is 15.5 Å². The Morgan fingerprint density at radius 2 is 2.20 bits per heavy atom. The van der Waals surface area contributed by atoms with E-state index in [0.717, 1.165) is 0 Å². The molecule has 5 heteroatoms. The van der Waals surface area contributed by atoms with E-state index in [9.17, 15) is 4.79 Å². The highest BCUT2D eigenvalue weighted by atomic mass is 17.1. The molecule has 0 saturated carbocycles. The van der Waals surface area contributed by atoms with Crippen LogP contribution >= 0.6 is 0 Å². The maximum Gasteiger partial charge on any atom is 0.375 e. The molecular weight excluding hydrogens is 140 g/mol. The third-order valence-electron chi connectivity index (χ3n) is 1.31. The summed E-state index contributed by atoms with van der Waals surface area (Å²) in [5.74, 6) is -1.24. The first-order valence-corrected chi connectivity index (χ1v) is 2.79. The Morgan fingerprint density at radius 3 is 2.30 bits per heavy atom. The normalized spacial score (nSPS) is 16.0. The van der Waals surface area contributed by atoms with Crippen molar-refractivity contribution in [2.24, 2.45) is 0 Å². The molecule has 0 spiro atoms. The molecule has 0 aliphatic carbocycles. The number of hydrogen-bond acceptors (Lipinski definition) is 5. The quantitative estimate of drug-likeness (QED) is 0.360. The molecule has 0 fully saturated rings. The molecule has 5 nitrogen and oxygen atoms in total. The number of hydrogen-bond donors (Lipinski definition) is 3. The standard InChI is InChI=1S/C5H10O5/c1-2-5(8,3-6)4(7)10-9/h6,8-9H,2-3H2,1H3. The summed E-state index contributed by atoms with van der Waals surface area (Å²) in [6, 6.07) is 0. The van der Waals surface area contributed by atoms with E-state index in [1.54, 1.807) is 0 Å². The fourth-order valence-electron chi connectivity index (χ4n) is 0.406. The molecule has 0 bridgehead atoms. The van der Waals surface area contributed by atoms with Crippen molar-refractivity contribution in [2.75, 3.05) is 6.61 Å². The van der Waals surface area contributed by atoms with Crippen LogP contribution in [0.3, 0.4) is 0 Å². The highest BCUT2D eigenvalue weighted by molar-refractivity contribution is 5.78. The number of aliphatic hydroxyl groups excluding tert-OH is 1. The van der Waals surface area contributed by atoms with E-state index < -0.39 is 18.2 Å². The van der Waals surface area contributed by atoms with Gasteiger partial charge in [0.25, 0.3) is 0 Å². The Bertz CT molecular complexity index is 117. The minimum absolute atomic E-state index is 0.0110. The van der Waals surface area contributed by atoms with Gasteiger partial charge in [0, 0.05) is 0 Å². The summed E-state index contributed by atoms with van der Waals surface area (Å²) in [5, 5.41) is 25.2. The van der Waals surface area contributed by atoms with Gasteiger partial charge in [-0.25, -0.2) is 4.79 Å². The van der Waals surface area contributed by atoms with E-state index >= 15 is 0 Å². The molecule has 0 saturated heterocycles. The molecule has 60 valence electrons. The summed E-state index contributed by atoms with van der Waals surface area (Å²) < 4.78 is 0. The summed E-state index contributed by atoms with van der Waals surface area (Å²) in [6.45, 7) is 0.718. The molecule has 0 amide bonds. The largest absolute Gasteiger partial charge is 0.393 e. The molecule has 1 unspecified atom stereocenters. The van der Waals surface area contributed by atoms with Crippen LogP contribution in [-0.4, -0.2) is 33.6 Å². The molecule has 0 rings (SSSR count). The van der Waals surface area contributed by atoms with Gasteiger partial charge in [-0.1, -0.05) is 6.92 Å². The average Bonchev–Trinajstić information content (AvgIpc) is 2.01. The second-order valence-corrected chi connectivity index (χ2v) is 1.92. The molecule has 0 radical (unpaired) electrons. The Hall–Kier alpha value is -0.650. The molecule has 3 N–H and O–H groups in total. The van der Waals surface area contributed by atoms with Crippen molar-refractivity contribution in [1.82, 2.24) is 0 Å². The van der Waals surface area contributed by atoms with Gasteiger partial charge in [-0.15, -0.1) is 0 Å². The van der Waals surface area contributed by atoms with E-state index in [1.165, 1.54) is 6.92 Å². The Labute approximate surface area is 57.8 Å². The van der Waals surface area contributed by atoms with E-state index in [-0.39, 0.29) is 6.42 Å². The average molecular weight is 150 g/mol. The lowest BCUT2D eigenvalue weighted by atomic mass is 10.0. The zero-order valence-electron chi connectivity index (χ0n) is 5.57. The summed E-state index contributed by atoms with van der Waals surface area (Å²) >= 11 is 0. The topological polar surface area (TPSA) is 87.0 Å².